The van der Waals surface area contributed by atoms with Crippen LogP contribution in [0.15, 0.2) is 18.5 Å². The molecule has 0 bridgehead atoms. The Morgan fingerprint density at radius 2 is 2.25 bits per heavy atom. The van der Waals surface area contributed by atoms with Crippen LogP contribution in [-0.4, -0.2) is 49.3 Å². The molecule has 16 heavy (non-hydrogen) atoms. The van der Waals surface area contributed by atoms with E-state index in [-0.39, 0.29) is 0 Å². The summed E-state index contributed by atoms with van der Waals surface area (Å²) in [6, 6.07) is 2.02. The zero-order valence-corrected chi connectivity index (χ0v) is 9.78. The van der Waals surface area contributed by atoms with Crippen LogP contribution in [0.5, 0.6) is 0 Å². The van der Waals surface area contributed by atoms with Crippen LogP contribution >= 0.6 is 0 Å². The van der Waals surface area contributed by atoms with Crippen molar-refractivity contribution in [1.82, 2.24) is 9.88 Å². The number of morpholine rings is 1. The van der Waals surface area contributed by atoms with Gasteiger partial charge in [0.1, 0.15) is 0 Å². The molecule has 0 aromatic carbocycles. The lowest BCUT2D eigenvalue weighted by molar-refractivity contribution is 0.0398. The van der Waals surface area contributed by atoms with Gasteiger partial charge in [-0.15, -0.1) is 0 Å². The van der Waals surface area contributed by atoms with Crippen molar-refractivity contribution >= 4 is 5.69 Å². The van der Waals surface area contributed by atoms with Gasteiger partial charge in [-0.05, 0) is 18.6 Å². The molecule has 0 radical (unpaired) electrons. The van der Waals surface area contributed by atoms with Crippen molar-refractivity contribution in [2.75, 3.05) is 44.7 Å². The molecular weight excluding hydrogens is 202 g/mol. The normalized spacial score (nSPS) is 17.3. The van der Waals surface area contributed by atoms with Gasteiger partial charge in [0.05, 0.1) is 13.2 Å². The van der Waals surface area contributed by atoms with E-state index in [1.54, 1.807) is 0 Å². The SMILES string of the molecule is Cc1cnccc1NCCN1CCOCC1. The van der Waals surface area contributed by atoms with Crippen LogP contribution < -0.4 is 5.32 Å². The van der Waals surface area contributed by atoms with Gasteiger partial charge in [-0.25, -0.2) is 0 Å². The van der Waals surface area contributed by atoms with Crippen molar-refractivity contribution in [1.29, 1.82) is 0 Å². The molecule has 0 aliphatic carbocycles. The van der Waals surface area contributed by atoms with Gasteiger partial charge in [0.25, 0.3) is 0 Å². The van der Waals surface area contributed by atoms with E-state index in [9.17, 15) is 0 Å². The van der Waals surface area contributed by atoms with Gasteiger partial charge in [0, 0.05) is 44.3 Å². The molecule has 0 saturated carbocycles. The van der Waals surface area contributed by atoms with E-state index in [1.807, 2.05) is 18.5 Å². The maximum absolute atomic E-state index is 5.31. The van der Waals surface area contributed by atoms with E-state index in [1.165, 1.54) is 11.3 Å². The van der Waals surface area contributed by atoms with Gasteiger partial charge in [0.15, 0.2) is 0 Å². The summed E-state index contributed by atoms with van der Waals surface area (Å²) in [7, 11) is 0. The van der Waals surface area contributed by atoms with Crippen LogP contribution in [0.1, 0.15) is 5.56 Å². The van der Waals surface area contributed by atoms with E-state index in [4.69, 9.17) is 4.74 Å². The Labute approximate surface area is 96.6 Å². The number of hydrogen-bond donors (Lipinski definition) is 1. The minimum absolute atomic E-state index is 0.869. The maximum Gasteiger partial charge on any atom is 0.0594 e. The minimum atomic E-state index is 0.869. The van der Waals surface area contributed by atoms with Crippen LogP contribution in [-0.2, 0) is 4.74 Å². The Morgan fingerprint density at radius 1 is 1.44 bits per heavy atom. The number of hydrogen-bond acceptors (Lipinski definition) is 4. The number of pyridine rings is 1. The predicted molar refractivity (Wildman–Crippen MR) is 64.7 cm³/mol. The van der Waals surface area contributed by atoms with Crippen LogP contribution in [0, 0.1) is 6.92 Å². The molecule has 2 rings (SSSR count). The lowest BCUT2D eigenvalue weighted by atomic mass is 10.2. The average molecular weight is 221 g/mol. The van der Waals surface area contributed by atoms with Gasteiger partial charge in [-0.2, -0.15) is 0 Å². The molecule has 4 nitrogen and oxygen atoms in total. The summed E-state index contributed by atoms with van der Waals surface area (Å²) in [5, 5.41) is 3.44. The first-order valence-corrected chi connectivity index (χ1v) is 5.81. The summed E-state index contributed by atoms with van der Waals surface area (Å²) in [4.78, 5) is 6.50. The third kappa shape index (κ3) is 3.18. The second kappa shape index (κ2) is 5.82. The Bertz CT molecular complexity index is 324. The van der Waals surface area contributed by atoms with Gasteiger partial charge in [0.2, 0.25) is 0 Å². The largest absolute Gasteiger partial charge is 0.383 e. The number of nitrogens with one attached hydrogen (secondary N) is 1. The van der Waals surface area contributed by atoms with Crippen molar-refractivity contribution < 1.29 is 4.74 Å². The molecule has 1 saturated heterocycles. The lowest BCUT2D eigenvalue weighted by Gasteiger charge is -2.26. The fourth-order valence-electron chi connectivity index (χ4n) is 1.85. The smallest absolute Gasteiger partial charge is 0.0594 e. The van der Waals surface area contributed by atoms with Crippen LogP contribution in [0.2, 0.25) is 0 Å². The van der Waals surface area contributed by atoms with Gasteiger partial charge < -0.3 is 10.1 Å². The van der Waals surface area contributed by atoms with Crippen molar-refractivity contribution in [3.8, 4) is 0 Å². The van der Waals surface area contributed by atoms with Crippen LogP contribution in [0.4, 0.5) is 5.69 Å². The highest BCUT2D eigenvalue weighted by Gasteiger charge is 2.09. The zero-order chi connectivity index (χ0) is 11.2. The Morgan fingerprint density at radius 3 is 3.00 bits per heavy atom. The lowest BCUT2D eigenvalue weighted by Crippen LogP contribution is -2.39. The monoisotopic (exact) mass is 221 g/mol. The molecule has 0 unspecified atom stereocenters. The molecule has 2 heterocycles. The van der Waals surface area contributed by atoms with E-state index in [0.29, 0.717) is 0 Å². The van der Waals surface area contributed by atoms with Crippen molar-refractivity contribution in [3.05, 3.63) is 24.0 Å². The molecule has 88 valence electrons. The first kappa shape index (κ1) is 11.4. The molecule has 1 N–H and O–H groups in total. The van der Waals surface area contributed by atoms with Gasteiger partial charge in [-0.1, -0.05) is 0 Å². The van der Waals surface area contributed by atoms with Crippen molar-refractivity contribution in [2.24, 2.45) is 0 Å². The van der Waals surface area contributed by atoms with Gasteiger partial charge >= 0.3 is 0 Å². The molecule has 1 fully saturated rings. The average Bonchev–Trinajstić information content (AvgIpc) is 2.33. The van der Waals surface area contributed by atoms with E-state index in [0.717, 1.165) is 39.4 Å². The summed E-state index contributed by atoms with van der Waals surface area (Å²) in [6.45, 7) is 7.97. The number of aryl methyl sites for hydroxylation is 1. The van der Waals surface area contributed by atoms with E-state index >= 15 is 0 Å². The third-order valence-electron chi connectivity index (χ3n) is 2.87. The molecule has 1 aromatic heterocycles. The molecule has 0 amide bonds. The topological polar surface area (TPSA) is 37.4 Å². The molecule has 0 atom stereocenters. The highest BCUT2D eigenvalue weighted by Crippen LogP contribution is 2.10. The summed E-state index contributed by atoms with van der Waals surface area (Å²) in [6.07, 6.45) is 3.71. The summed E-state index contributed by atoms with van der Waals surface area (Å²) in [5.74, 6) is 0. The Kier molecular flexibility index (Phi) is 4.13. The van der Waals surface area contributed by atoms with Crippen molar-refractivity contribution in [2.45, 2.75) is 6.92 Å². The molecule has 1 aliphatic heterocycles. The first-order chi connectivity index (χ1) is 7.86. The Balaban J connectivity index is 1.73. The fraction of sp³-hybridized carbons (Fsp3) is 0.583. The Hall–Kier alpha value is -1.13. The summed E-state index contributed by atoms with van der Waals surface area (Å²) in [5.41, 5.74) is 2.38. The van der Waals surface area contributed by atoms with Crippen molar-refractivity contribution in [3.63, 3.8) is 0 Å². The quantitative estimate of drug-likeness (QED) is 0.827. The van der Waals surface area contributed by atoms with Crippen LogP contribution in [0.25, 0.3) is 0 Å². The minimum Gasteiger partial charge on any atom is -0.383 e. The summed E-state index contributed by atoms with van der Waals surface area (Å²) >= 11 is 0. The molecule has 1 aromatic rings. The van der Waals surface area contributed by atoms with Crippen LogP contribution in [0.3, 0.4) is 0 Å². The maximum atomic E-state index is 5.31. The second-order valence-electron chi connectivity index (χ2n) is 4.07. The van der Waals surface area contributed by atoms with E-state index < -0.39 is 0 Å². The molecular formula is C12H19N3O. The van der Waals surface area contributed by atoms with Gasteiger partial charge in [-0.3, -0.25) is 9.88 Å². The van der Waals surface area contributed by atoms with E-state index in [2.05, 4.69) is 22.1 Å². The fourth-order valence-corrected chi connectivity index (χ4v) is 1.85. The third-order valence-corrected chi connectivity index (χ3v) is 2.87. The number of rotatable bonds is 4. The number of aromatic nitrogens is 1. The molecule has 1 aliphatic rings. The number of nitrogens with zero attached hydrogens (tertiary/aromatic N) is 2. The molecule has 0 spiro atoms. The summed E-state index contributed by atoms with van der Waals surface area (Å²) < 4.78 is 5.31. The highest BCUT2D eigenvalue weighted by atomic mass is 16.5. The number of ether oxygens (including phenoxy) is 1. The molecule has 4 heteroatoms. The second-order valence-corrected chi connectivity index (χ2v) is 4.07. The number of anilines is 1. The highest BCUT2D eigenvalue weighted by molar-refractivity contribution is 5.48. The standard InChI is InChI=1S/C12H19N3O/c1-11-10-13-3-2-12(11)14-4-5-15-6-8-16-9-7-15/h2-3,10H,4-9H2,1H3,(H,13,14). The predicted octanol–water partition coefficient (Wildman–Crippen LogP) is 1.13. The zero-order valence-electron chi connectivity index (χ0n) is 9.78. The first-order valence-electron chi connectivity index (χ1n) is 5.81.